The second-order valence-electron chi connectivity index (χ2n) is 12.5. The number of nitrogens with zero attached hydrogens (tertiary/aromatic N) is 3. The Morgan fingerprint density at radius 3 is 2.66 bits per heavy atom. The fourth-order valence-corrected chi connectivity index (χ4v) is 6.82. The molecule has 262 valence electrons. The first-order chi connectivity index (χ1) is 23.6. The van der Waals surface area contributed by atoms with Crippen LogP contribution in [0.15, 0.2) is 48.0 Å². The van der Waals surface area contributed by atoms with Crippen LogP contribution in [0.2, 0.25) is 0 Å². The molecule has 0 saturated heterocycles. The molecule has 0 spiro atoms. The zero-order valence-corrected chi connectivity index (χ0v) is 26.9. The van der Waals surface area contributed by atoms with Crippen LogP contribution in [0.3, 0.4) is 0 Å². The molecular weight excluding hydrogens is 692 g/mol. The lowest BCUT2D eigenvalue weighted by Crippen LogP contribution is -2.51. The number of hydrogen-bond acceptors (Lipinski definition) is 8. The first-order valence-corrected chi connectivity index (χ1v) is 16.1. The first-order valence-electron chi connectivity index (χ1n) is 15.2. The van der Waals surface area contributed by atoms with Crippen molar-refractivity contribution in [3.05, 3.63) is 70.6 Å². The third kappa shape index (κ3) is 5.30. The van der Waals surface area contributed by atoms with Gasteiger partial charge in [-0.2, -0.15) is 18.3 Å². The summed E-state index contributed by atoms with van der Waals surface area (Å²) in [7, 11) is 0. The highest BCUT2D eigenvalue weighted by molar-refractivity contribution is 7.17. The minimum Gasteiger partial charge on any atom is -0.489 e. The summed E-state index contributed by atoms with van der Waals surface area (Å²) >= 11 is 0.969. The molecule has 17 heteroatoms. The number of rotatable bonds is 10. The Bertz CT molecular complexity index is 2200. The number of primary amides is 1. The minimum absolute atomic E-state index is 0.0662. The number of hydrogen-bond donors (Lipinski definition) is 3. The quantitative estimate of drug-likeness (QED) is 0.161. The summed E-state index contributed by atoms with van der Waals surface area (Å²) < 4.78 is 99.6. The number of pyridine rings is 1. The van der Waals surface area contributed by atoms with Crippen molar-refractivity contribution < 1.29 is 50.5 Å². The number of nitrogens with one attached hydrogen (secondary N) is 1. The van der Waals surface area contributed by atoms with Crippen molar-refractivity contribution in [1.82, 2.24) is 20.1 Å². The lowest BCUT2D eigenvalue weighted by molar-refractivity contribution is -0.265. The van der Waals surface area contributed by atoms with Gasteiger partial charge in [0.1, 0.15) is 53.8 Å². The van der Waals surface area contributed by atoms with Crippen molar-refractivity contribution in [3.63, 3.8) is 0 Å². The molecule has 4 heterocycles. The Balaban J connectivity index is 1.30. The lowest BCUT2D eigenvalue weighted by Gasteiger charge is -2.31. The van der Waals surface area contributed by atoms with E-state index in [1.165, 1.54) is 42.8 Å². The molecule has 2 amide bonds. The molecule has 3 aromatic heterocycles. The van der Waals surface area contributed by atoms with Crippen LogP contribution in [0.25, 0.3) is 32.2 Å². The van der Waals surface area contributed by atoms with Gasteiger partial charge in [0, 0.05) is 51.9 Å². The van der Waals surface area contributed by atoms with Gasteiger partial charge in [0.05, 0.1) is 16.9 Å². The van der Waals surface area contributed by atoms with Gasteiger partial charge in [-0.3, -0.25) is 9.59 Å². The summed E-state index contributed by atoms with van der Waals surface area (Å²) in [5, 5.41) is 19.7. The Morgan fingerprint density at radius 2 is 1.98 bits per heavy atom. The van der Waals surface area contributed by atoms with E-state index in [2.05, 4.69) is 15.4 Å². The molecule has 2 atom stereocenters. The van der Waals surface area contributed by atoms with Crippen molar-refractivity contribution >= 4 is 44.1 Å². The number of aromatic nitrogens is 3. The van der Waals surface area contributed by atoms with Crippen LogP contribution in [-0.4, -0.2) is 64.3 Å². The van der Waals surface area contributed by atoms with E-state index in [9.17, 15) is 41.0 Å². The predicted octanol–water partition coefficient (Wildman–Crippen LogP) is 5.53. The summed E-state index contributed by atoms with van der Waals surface area (Å²) in [6, 6.07) is 7.39. The van der Waals surface area contributed by atoms with Crippen LogP contribution in [0.5, 0.6) is 11.5 Å². The number of benzene rings is 2. The second-order valence-corrected chi connectivity index (χ2v) is 13.3. The van der Waals surface area contributed by atoms with Gasteiger partial charge in [-0.05, 0) is 31.2 Å². The largest absolute Gasteiger partial charge is 0.489 e. The van der Waals surface area contributed by atoms with E-state index in [0.29, 0.717) is 5.39 Å². The molecule has 1 aliphatic heterocycles. The first kappa shape index (κ1) is 33.6. The van der Waals surface area contributed by atoms with E-state index < -0.39 is 66.1 Å². The van der Waals surface area contributed by atoms with Crippen LogP contribution in [0.1, 0.15) is 41.4 Å². The normalized spacial score (nSPS) is 19.2. The maximum Gasteiger partial charge on any atom is 0.424 e. The number of thiophene rings is 1. The molecule has 10 nitrogen and oxygen atoms in total. The molecular formula is C33H27F6N5O5S. The Labute approximate surface area is 282 Å². The maximum absolute atomic E-state index is 14.9. The molecule has 4 N–H and O–H groups in total. The van der Waals surface area contributed by atoms with Crippen molar-refractivity contribution in [2.24, 2.45) is 5.73 Å². The van der Waals surface area contributed by atoms with Gasteiger partial charge in [-0.1, -0.05) is 12.1 Å². The van der Waals surface area contributed by atoms with Crippen LogP contribution in [0, 0.1) is 5.82 Å². The van der Waals surface area contributed by atoms with E-state index in [1.807, 2.05) is 0 Å². The van der Waals surface area contributed by atoms with E-state index in [0.717, 1.165) is 28.2 Å². The Kier molecular flexibility index (Phi) is 7.78. The molecule has 1 saturated carbocycles. The fraction of sp³-hybridized carbons (Fsp3) is 0.333. The highest BCUT2D eigenvalue weighted by atomic mass is 32.1. The molecule has 50 heavy (non-hydrogen) atoms. The predicted molar refractivity (Wildman–Crippen MR) is 169 cm³/mol. The van der Waals surface area contributed by atoms with E-state index in [-0.39, 0.29) is 68.9 Å². The van der Waals surface area contributed by atoms with Crippen LogP contribution < -0.4 is 20.5 Å². The lowest BCUT2D eigenvalue weighted by atomic mass is 9.81. The zero-order chi connectivity index (χ0) is 35.8. The van der Waals surface area contributed by atoms with Gasteiger partial charge in [0.25, 0.3) is 5.91 Å². The molecule has 2 aliphatic rings. The van der Waals surface area contributed by atoms with Gasteiger partial charge in [-0.15, -0.1) is 11.3 Å². The zero-order valence-electron chi connectivity index (χ0n) is 26.0. The van der Waals surface area contributed by atoms with Crippen molar-refractivity contribution in [2.45, 2.75) is 42.8 Å². The van der Waals surface area contributed by atoms with E-state index >= 15 is 0 Å². The van der Waals surface area contributed by atoms with Gasteiger partial charge in [-0.25, -0.2) is 22.8 Å². The van der Waals surface area contributed by atoms with Crippen LogP contribution >= 0.6 is 11.3 Å². The second kappa shape index (κ2) is 11.6. The number of ether oxygens (including phenoxy) is 2. The van der Waals surface area contributed by atoms with Gasteiger partial charge in [0.15, 0.2) is 0 Å². The number of carbonyl (C=O) groups is 2. The molecule has 5 aromatic rings. The molecule has 1 fully saturated rings. The SMILES string of the molecule is C[C@]1(C(N)=O)COc2c1cc([C@@](O)(CNC(=O)c1cc(OCCF)c3nn(C4(F)CC4)cc3c1)C(F)(F)F)nc2-c1csc2c(F)cccc12. The van der Waals surface area contributed by atoms with Crippen LogP contribution in [0.4, 0.5) is 26.3 Å². The van der Waals surface area contributed by atoms with E-state index in [1.54, 1.807) is 0 Å². The number of amides is 2. The molecule has 0 unspecified atom stereocenters. The molecule has 7 rings (SSSR count). The number of fused-ring (bicyclic) bond motifs is 3. The number of halogens is 6. The van der Waals surface area contributed by atoms with Crippen LogP contribution in [-0.2, 0) is 21.6 Å². The van der Waals surface area contributed by atoms with Gasteiger partial charge in [0.2, 0.25) is 17.3 Å². The molecule has 2 aromatic carbocycles. The average molecular weight is 720 g/mol. The van der Waals surface area contributed by atoms with Gasteiger partial charge >= 0.3 is 6.18 Å². The number of aliphatic hydroxyl groups is 1. The van der Waals surface area contributed by atoms with Gasteiger partial charge < -0.3 is 25.6 Å². The summed E-state index contributed by atoms with van der Waals surface area (Å²) in [6.07, 6.45) is -3.74. The third-order valence-electron chi connectivity index (χ3n) is 9.06. The minimum atomic E-state index is -5.45. The highest BCUT2D eigenvalue weighted by Gasteiger charge is 2.58. The molecule has 1 aliphatic carbocycles. The summed E-state index contributed by atoms with van der Waals surface area (Å²) in [5.41, 5.74) is -1.06. The highest BCUT2D eigenvalue weighted by Crippen LogP contribution is 2.50. The third-order valence-corrected chi connectivity index (χ3v) is 10.1. The fourth-order valence-electron chi connectivity index (χ4n) is 5.86. The van der Waals surface area contributed by atoms with Crippen molar-refractivity contribution in [3.8, 4) is 22.8 Å². The molecule has 0 radical (unpaired) electrons. The van der Waals surface area contributed by atoms with Crippen molar-refractivity contribution in [1.29, 1.82) is 0 Å². The Morgan fingerprint density at radius 1 is 1.22 bits per heavy atom. The molecule has 0 bridgehead atoms. The summed E-state index contributed by atoms with van der Waals surface area (Å²) in [6.45, 7) is -1.78. The number of carbonyl (C=O) groups excluding carboxylic acids is 2. The smallest absolute Gasteiger partial charge is 0.424 e. The number of nitrogens with two attached hydrogens (primary N) is 1. The maximum atomic E-state index is 14.9. The number of alkyl halides is 5. The monoisotopic (exact) mass is 719 g/mol. The standard InChI is InChI=1S/C33H27F6N5O5S/c1-30(29(40)46)15-49-26-20(30)11-23(42-25(26)19-13-50-27-18(19)3-2-4-21(27)35)32(47,33(37,38)39)14-41-28(45)16-9-17-12-44(31(36)5-6-31)43-24(17)22(10-16)48-8-7-34/h2-4,9-13,47H,5-8,14-15H2,1H3,(H2,40,46)(H,41,45)/t30-,32-/m0/s1. The topological polar surface area (TPSA) is 142 Å². The van der Waals surface area contributed by atoms with E-state index in [4.69, 9.17) is 15.2 Å². The summed E-state index contributed by atoms with van der Waals surface area (Å²) in [5.74, 6) is -4.50. The average Bonchev–Trinajstić information content (AvgIpc) is 3.40. The van der Waals surface area contributed by atoms with Crippen molar-refractivity contribution in [2.75, 3.05) is 26.4 Å². The summed E-state index contributed by atoms with van der Waals surface area (Å²) in [4.78, 5) is 30.2. The Hall–Kier alpha value is -4.90.